The van der Waals surface area contributed by atoms with Crippen molar-refractivity contribution in [3.63, 3.8) is 0 Å². The van der Waals surface area contributed by atoms with Crippen LogP contribution in [-0.2, 0) is 11.0 Å². The number of nitrogens with zero attached hydrogens (tertiary/aromatic N) is 3. The molecule has 1 fully saturated rings. The van der Waals surface area contributed by atoms with Crippen molar-refractivity contribution >= 4 is 17.3 Å². The number of rotatable bonds is 2. The smallest absolute Gasteiger partial charge is 0.358 e. The predicted octanol–water partition coefficient (Wildman–Crippen LogP) is 4.33. The molecule has 2 aliphatic heterocycles. The van der Waals surface area contributed by atoms with Crippen LogP contribution in [0, 0.1) is 0 Å². The molecule has 130 valence electrons. The van der Waals surface area contributed by atoms with Crippen LogP contribution in [0.25, 0.3) is 0 Å². The molecule has 0 aliphatic carbocycles. The summed E-state index contributed by atoms with van der Waals surface area (Å²) in [5, 5.41) is 11.1. The van der Waals surface area contributed by atoms with Gasteiger partial charge in [-0.2, -0.15) is 23.4 Å². The third-order valence-electron chi connectivity index (χ3n) is 4.31. The van der Waals surface area contributed by atoms with Crippen LogP contribution < -0.4 is 5.32 Å². The van der Waals surface area contributed by atoms with E-state index < -0.39 is 17.4 Å². The van der Waals surface area contributed by atoms with Gasteiger partial charge in [-0.15, -0.1) is 0 Å². The topological polar surface area (TPSA) is 57.1 Å². The second kappa shape index (κ2) is 6.07. The van der Waals surface area contributed by atoms with Gasteiger partial charge in [0.05, 0.1) is 17.7 Å². The Morgan fingerprint density at radius 3 is 2.67 bits per heavy atom. The number of carbonyl (C=O) groups excluding carboxylic acids is 1. The fourth-order valence-electron chi connectivity index (χ4n) is 3.01. The zero-order chi connectivity index (χ0) is 17.4. The maximum absolute atomic E-state index is 12.9. The molecule has 24 heavy (non-hydrogen) atoms. The number of hydrogen-bond acceptors (Lipinski definition) is 4. The summed E-state index contributed by atoms with van der Waals surface area (Å²) >= 11 is 0. The summed E-state index contributed by atoms with van der Waals surface area (Å²) in [6, 6.07) is 3.26. The van der Waals surface area contributed by atoms with Gasteiger partial charge < -0.3 is 10.2 Å². The Hall–Kier alpha value is -2.12. The molecule has 0 saturated carbocycles. The lowest BCUT2D eigenvalue weighted by atomic mass is 10.0. The Kier molecular flexibility index (Phi) is 4.23. The van der Waals surface area contributed by atoms with E-state index in [9.17, 15) is 18.0 Å². The zero-order valence-electron chi connectivity index (χ0n) is 13.4. The lowest BCUT2D eigenvalue weighted by Gasteiger charge is -2.33. The number of anilines is 1. The number of nitrogens with one attached hydrogen (secondary N) is 1. The van der Waals surface area contributed by atoms with Gasteiger partial charge >= 0.3 is 6.18 Å². The zero-order valence-corrected chi connectivity index (χ0v) is 13.4. The number of fused-ring (bicyclic) bond motifs is 1. The quantitative estimate of drug-likeness (QED) is 0.871. The van der Waals surface area contributed by atoms with Crippen LogP contribution in [0.1, 0.15) is 38.2 Å². The number of benzene rings is 1. The maximum Gasteiger partial charge on any atom is 0.416 e. The first-order valence-corrected chi connectivity index (χ1v) is 7.97. The number of amides is 1. The highest BCUT2D eigenvalue weighted by Gasteiger charge is 2.35. The lowest BCUT2D eigenvalue weighted by Crippen LogP contribution is -2.43. The van der Waals surface area contributed by atoms with Crippen LogP contribution >= 0.6 is 0 Å². The molecule has 2 aliphatic rings. The molecule has 8 heteroatoms. The summed E-state index contributed by atoms with van der Waals surface area (Å²) in [6.07, 6.45) is -1.28. The Balaban J connectivity index is 1.76. The first kappa shape index (κ1) is 16.7. The van der Waals surface area contributed by atoms with E-state index in [1.165, 1.54) is 6.07 Å². The van der Waals surface area contributed by atoms with E-state index in [-0.39, 0.29) is 18.0 Å². The molecule has 1 aromatic rings. The average Bonchev–Trinajstić information content (AvgIpc) is 2.53. The molecule has 1 amide bonds. The van der Waals surface area contributed by atoms with Gasteiger partial charge in [-0.05, 0) is 44.4 Å². The van der Waals surface area contributed by atoms with Crippen molar-refractivity contribution < 1.29 is 18.0 Å². The minimum Gasteiger partial charge on any atom is -0.358 e. The number of azo groups is 1. The van der Waals surface area contributed by atoms with Crippen LogP contribution in [0.3, 0.4) is 0 Å². The largest absolute Gasteiger partial charge is 0.416 e. The van der Waals surface area contributed by atoms with E-state index in [0.29, 0.717) is 5.69 Å². The maximum atomic E-state index is 12.9. The molecule has 3 rings (SSSR count). The van der Waals surface area contributed by atoms with E-state index >= 15 is 0 Å². The summed E-state index contributed by atoms with van der Waals surface area (Å²) in [4.78, 5) is 14.2. The van der Waals surface area contributed by atoms with E-state index in [2.05, 4.69) is 15.5 Å². The van der Waals surface area contributed by atoms with Crippen molar-refractivity contribution in [2.45, 2.75) is 44.4 Å². The molecule has 0 spiro atoms. The van der Waals surface area contributed by atoms with Crippen molar-refractivity contribution in [3.05, 3.63) is 23.8 Å². The molecule has 1 N–H and O–H groups in total. The van der Waals surface area contributed by atoms with Crippen LogP contribution in [0.2, 0.25) is 0 Å². The minimum atomic E-state index is -4.43. The van der Waals surface area contributed by atoms with Gasteiger partial charge in [0.1, 0.15) is 5.69 Å². The van der Waals surface area contributed by atoms with Gasteiger partial charge in [-0.25, -0.2) is 0 Å². The molecule has 1 unspecified atom stereocenters. The molecule has 5 nitrogen and oxygen atoms in total. The molecule has 1 saturated heterocycles. The van der Waals surface area contributed by atoms with Crippen LogP contribution in [0.15, 0.2) is 28.4 Å². The standard InChI is InChI=1S/C16H19F3N4O/c1-15(10-14(24)23-7-3-2-4-8-23)20-13-9-11(16(17,18)19)5-6-12(13)21-22-15/h5-6,9,20H,2-4,7-8,10H2,1H3. The van der Waals surface area contributed by atoms with Crippen molar-refractivity contribution in [1.82, 2.24) is 4.90 Å². The molecular weight excluding hydrogens is 321 g/mol. The second-order valence-electron chi connectivity index (χ2n) is 6.45. The molecule has 1 aromatic carbocycles. The minimum absolute atomic E-state index is 0.0564. The van der Waals surface area contributed by atoms with Gasteiger partial charge in [0.15, 0.2) is 5.66 Å². The fourth-order valence-corrected chi connectivity index (χ4v) is 3.01. The second-order valence-corrected chi connectivity index (χ2v) is 6.45. The summed E-state index contributed by atoms with van der Waals surface area (Å²) in [5.74, 6) is -0.0564. The molecule has 0 bridgehead atoms. The Bertz CT molecular complexity index is 668. The Morgan fingerprint density at radius 1 is 1.29 bits per heavy atom. The van der Waals surface area contributed by atoms with Gasteiger partial charge in [0, 0.05) is 13.1 Å². The van der Waals surface area contributed by atoms with Crippen molar-refractivity contribution in [2.75, 3.05) is 18.4 Å². The summed E-state index contributed by atoms with van der Waals surface area (Å²) < 4.78 is 38.6. The van der Waals surface area contributed by atoms with Crippen molar-refractivity contribution in [2.24, 2.45) is 10.2 Å². The van der Waals surface area contributed by atoms with E-state index in [0.717, 1.165) is 44.5 Å². The van der Waals surface area contributed by atoms with E-state index in [4.69, 9.17) is 0 Å². The lowest BCUT2D eigenvalue weighted by molar-refractivity contribution is -0.137. The molecular formula is C16H19F3N4O. The summed E-state index contributed by atoms with van der Waals surface area (Å²) in [6.45, 7) is 3.11. The van der Waals surface area contributed by atoms with Crippen LogP contribution in [-0.4, -0.2) is 29.6 Å². The summed E-state index contributed by atoms with van der Waals surface area (Å²) in [7, 11) is 0. The number of piperidine rings is 1. The van der Waals surface area contributed by atoms with Gasteiger partial charge in [-0.3, -0.25) is 4.79 Å². The van der Waals surface area contributed by atoms with E-state index in [1.54, 1.807) is 11.8 Å². The number of hydrogen-bond donors (Lipinski definition) is 1. The predicted molar refractivity (Wildman–Crippen MR) is 83.0 cm³/mol. The number of carbonyl (C=O) groups is 1. The van der Waals surface area contributed by atoms with Crippen LogP contribution in [0.5, 0.6) is 0 Å². The van der Waals surface area contributed by atoms with Gasteiger partial charge in [0.25, 0.3) is 0 Å². The van der Waals surface area contributed by atoms with E-state index in [1.807, 2.05) is 0 Å². The number of halogens is 3. The molecule has 0 radical (unpaired) electrons. The van der Waals surface area contributed by atoms with Crippen LogP contribution in [0.4, 0.5) is 24.5 Å². The monoisotopic (exact) mass is 340 g/mol. The highest BCUT2D eigenvalue weighted by Crippen LogP contribution is 2.39. The summed E-state index contributed by atoms with van der Waals surface area (Å²) in [5.41, 5.74) is -1.21. The molecule has 2 heterocycles. The SMILES string of the molecule is CC1(CC(=O)N2CCCCC2)N=Nc2ccc(C(F)(F)F)cc2N1. The Morgan fingerprint density at radius 2 is 2.00 bits per heavy atom. The Labute approximate surface area is 137 Å². The van der Waals surface area contributed by atoms with Crippen molar-refractivity contribution in [3.8, 4) is 0 Å². The highest BCUT2D eigenvalue weighted by atomic mass is 19.4. The molecule has 0 aromatic heterocycles. The first-order valence-electron chi connectivity index (χ1n) is 7.97. The van der Waals surface area contributed by atoms with Crippen molar-refractivity contribution in [1.29, 1.82) is 0 Å². The molecule has 1 atom stereocenters. The third-order valence-corrected chi connectivity index (χ3v) is 4.31. The highest BCUT2D eigenvalue weighted by molar-refractivity contribution is 5.79. The van der Waals surface area contributed by atoms with Gasteiger partial charge in [-0.1, -0.05) is 0 Å². The fraction of sp³-hybridized carbons (Fsp3) is 0.562. The number of alkyl halides is 3. The normalized spacial score (nSPS) is 23.6. The van der Waals surface area contributed by atoms with Gasteiger partial charge in [0.2, 0.25) is 5.91 Å². The average molecular weight is 340 g/mol. The first-order chi connectivity index (χ1) is 11.3. The third kappa shape index (κ3) is 3.52. The number of likely N-dealkylation sites (tertiary alicyclic amines) is 1.